The van der Waals surface area contributed by atoms with Crippen LogP contribution < -0.4 is 5.84 Å². The van der Waals surface area contributed by atoms with Gasteiger partial charge in [-0.3, -0.25) is 4.99 Å². The minimum absolute atomic E-state index is 0.214. The highest BCUT2D eigenvalue weighted by molar-refractivity contribution is 7.99. The smallest absolute Gasteiger partial charge is 0.194 e. The number of hydrogen-bond donors (Lipinski definition) is 4. The number of rotatable bonds is 6. The standard InChI is InChI=1S/C20H18Cl2F3N3O4S/c21-10-2-1-9(5-11(10)22)33-20-19(31)17(18(30)15(7-29)32-20)27-6-14(28-26)8-3-12(23)16(25)13(24)4-8/h1-6,15,17-20,29-31H,7,26H2/t15?,17?,18-,19?,20+/m0/s1. The van der Waals surface area contributed by atoms with E-state index < -0.39 is 53.8 Å². The number of benzene rings is 2. The maximum atomic E-state index is 13.6. The maximum absolute atomic E-state index is 13.6. The lowest BCUT2D eigenvalue weighted by Gasteiger charge is -2.40. The molecule has 7 nitrogen and oxygen atoms in total. The second-order valence-electron chi connectivity index (χ2n) is 6.94. The summed E-state index contributed by atoms with van der Waals surface area (Å²) in [6, 6.07) is 4.86. The Balaban J connectivity index is 1.86. The lowest BCUT2D eigenvalue weighted by atomic mass is 9.98. The molecular formula is C20H18Cl2F3N3O4S. The molecule has 1 fully saturated rings. The first kappa shape index (κ1) is 25.8. The lowest BCUT2D eigenvalue weighted by molar-refractivity contribution is -0.159. The minimum atomic E-state index is -1.66. The zero-order chi connectivity index (χ0) is 24.3. The summed E-state index contributed by atoms with van der Waals surface area (Å²) in [5.74, 6) is 0.712. The fourth-order valence-electron chi connectivity index (χ4n) is 3.07. The van der Waals surface area contributed by atoms with Crippen LogP contribution in [0.25, 0.3) is 0 Å². The molecule has 1 saturated heterocycles. The minimum Gasteiger partial charge on any atom is -0.394 e. The maximum Gasteiger partial charge on any atom is 0.194 e. The monoisotopic (exact) mass is 523 g/mol. The van der Waals surface area contributed by atoms with Crippen molar-refractivity contribution in [1.29, 1.82) is 0 Å². The summed E-state index contributed by atoms with van der Waals surface area (Å²) in [6.07, 6.45) is -2.95. The van der Waals surface area contributed by atoms with Crippen molar-refractivity contribution in [3.63, 3.8) is 0 Å². The molecule has 0 saturated carbocycles. The molecule has 5 atom stereocenters. The van der Waals surface area contributed by atoms with E-state index in [1.54, 1.807) is 18.2 Å². The second kappa shape index (κ2) is 11.0. The number of aliphatic hydroxyl groups is 3. The quantitative estimate of drug-likeness (QED) is 0.200. The van der Waals surface area contributed by atoms with Crippen LogP contribution in [0.4, 0.5) is 13.2 Å². The van der Waals surface area contributed by atoms with Gasteiger partial charge in [-0.2, -0.15) is 5.10 Å². The van der Waals surface area contributed by atoms with E-state index in [9.17, 15) is 28.5 Å². The molecule has 1 aliphatic heterocycles. The van der Waals surface area contributed by atoms with Gasteiger partial charge in [0.15, 0.2) is 17.5 Å². The third-order valence-corrected chi connectivity index (χ3v) is 6.67. The predicted molar refractivity (Wildman–Crippen MR) is 119 cm³/mol. The number of ether oxygens (including phenoxy) is 1. The molecule has 13 heteroatoms. The molecule has 0 aliphatic carbocycles. The number of thioether (sulfide) groups is 1. The van der Waals surface area contributed by atoms with E-state index in [0.29, 0.717) is 22.1 Å². The van der Waals surface area contributed by atoms with Crippen molar-refractivity contribution in [2.45, 2.75) is 34.7 Å². The fourth-order valence-corrected chi connectivity index (χ4v) is 4.53. The van der Waals surface area contributed by atoms with E-state index in [4.69, 9.17) is 33.8 Å². The number of aliphatic hydroxyl groups excluding tert-OH is 3. The highest BCUT2D eigenvalue weighted by Crippen LogP contribution is 2.36. The summed E-state index contributed by atoms with van der Waals surface area (Å²) in [5.41, 5.74) is -1.44. The molecule has 0 bridgehead atoms. The first-order valence-electron chi connectivity index (χ1n) is 9.36. The molecule has 3 rings (SSSR count). The molecule has 1 heterocycles. The van der Waals surface area contributed by atoms with Crippen LogP contribution in [0.5, 0.6) is 0 Å². The van der Waals surface area contributed by atoms with Gasteiger partial charge in [0.1, 0.15) is 35.5 Å². The van der Waals surface area contributed by atoms with Crippen LogP contribution in [-0.4, -0.2) is 63.6 Å². The molecule has 0 radical (unpaired) electrons. The predicted octanol–water partition coefficient (Wildman–Crippen LogP) is 2.74. The topological polar surface area (TPSA) is 121 Å². The van der Waals surface area contributed by atoms with Crippen LogP contribution in [0, 0.1) is 17.5 Å². The summed E-state index contributed by atoms with van der Waals surface area (Å²) in [5, 5.41) is 34.9. The van der Waals surface area contributed by atoms with Gasteiger partial charge in [0.2, 0.25) is 0 Å². The number of halogens is 5. The number of hydrazone groups is 1. The van der Waals surface area contributed by atoms with E-state index >= 15 is 0 Å². The van der Waals surface area contributed by atoms with Gasteiger partial charge in [0.25, 0.3) is 0 Å². The molecule has 0 spiro atoms. The van der Waals surface area contributed by atoms with Gasteiger partial charge in [-0.15, -0.1) is 0 Å². The molecular weight excluding hydrogens is 506 g/mol. The number of aliphatic imine (C=N–C) groups is 1. The number of nitrogens with zero attached hydrogens (tertiary/aromatic N) is 2. The normalized spacial score (nSPS) is 26.2. The molecule has 0 aromatic heterocycles. The van der Waals surface area contributed by atoms with E-state index in [1.807, 2.05) is 0 Å². The molecule has 0 amide bonds. The molecule has 178 valence electrons. The van der Waals surface area contributed by atoms with E-state index in [0.717, 1.165) is 18.0 Å². The first-order valence-corrected chi connectivity index (χ1v) is 11.0. The van der Waals surface area contributed by atoms with Crippen molar-refractivity contribution in [3.8, 4) is 0 Å². The van der Waals surface area contributed by atoms with Crippen LogP contribution >= 0.6 is 35.0 Å². The van der Waals surface area contributed by atoms with Crippen molar-refractivity contribution in [1.82, 2.24) is 0 Å². The fraction of sp³-hybridized carbons (Fsp3) is 0.300. The van der Waals surface area contributed by atoms with Gasteiger partial charge in [-0.1, -0.05) is 35.0 Å². The summed E-state index contributed by atoms with van der Waals surface area (Å²) < 4.78 is 46.0. The summed E-state index contributed by atoms with van der Waals surface area (Å²) in [6.45, 7) is -0.579. The van der Waals surface area contributed by atoms with E-state index in [2.05, 4.69) is 10.1 Å². The van der Waals surface area contributed by atoms with Gasteiger partial charge in [0.05, 0.1) is 16.7 Å². The Bertz CT molecular complexity index is 1060. The van der Waals surface area contributed by atoms with Gasteiger partial charge < -0.3 is 25.9 Å². The zero-order valence-electron chi connectivity index (χ0n) is 16.6. The van der Waals surface area contributed by atoms with E-state index in [1.165, 1.54) is 0 Å². The van der Waals surface area contributed by atoms with Crippen LogP contribution in [0.15, 0.2) is 45.3 Å². The van der Waals surface area contributed by atoms with Crippen molar-refractivity contribution >= 4 is 46.9 Å². The Morgan fingerprint density at radius 1 is 1.09 bits per heavy atom. The Hall–Kier alpha value is -1.86. The van der Waals surface area contributed by atoms with Crippen molar-refractivity contribution < 1.29 is 33.2 Å². The second-order valence-corrected chi connectivity index (χ2v) is 8.92. The summed E-state index contributed by atoms with van der Waals surface area (Å²) >= 11 is 13.0. The van der Waals surface area contributed by atoms with Crippen LogP contribution in [0.3, 0.4) is 0 Å². The molecule has 2 aromatic rings. The van der Waals surface area contributed by atoms with Crippen LogP contribution in [0.2, 0.25) is 10.0 Å². The average molecular weight is 524 g/mol. The third kappa shape index (κ3) is 5.80. The molecule has 3 unspecified atom stereocenters. The van der Waals surface area contributed by atoms with E-state index in [-0.39, 0.29) is 16.3 Å². The largest absolute Gasteiger partial charge is 0.394 e. The highest BCUT2D eigenvalue weighted by Gasteiger charge is 2.44. The highest BCUT2D eigenvalue weighted by atomic mass is 35.5. The van der Waals surface area contributed by atoms with Gasteiger partial charge in [0, 0.05) is 16.7 Å². The average Bonchev–Trinajstić information content (AvgIpc) is 2.78. The van der Waals surface area contributed by atoms with Crippen molar-refractivity contribution in [2.24, 2.45) is 15.9 Å². The molecule has 33 heavy (non-hydrogen) atoms. The Morgan fingerprint density at radius 3 is 2.33 bits per heavy atom. The van der Waals surface area contributed by atoms with Crippen LogP contribution in [0.1, 0.15) is 5.56 Å². The molecule has 2 aromatic carbocycles. The molecule has 1 aliphatic rings. The Morgan fingerprint density at radius 2 is 1.76 bits per heavy atom. The summed E-state index contributed by atoms with van der Waals surface area (Å²) in [7, 11) is 0. The van der Waals surface area contributed by atoms with Crippen molar-refractivity contribution in [3.05, 3.63) is 63.4 Å². The first-order chi connectivity index (χ1) is 15.7. The molecule has 5 N–H and O–H groups in total. The zero-order valence-corrected chi connectivity index (χ0v) is 18.9. The summed E-state index contributed by atoms with van der Waals surface area (Å²) in [4.78, 5) is 4.66. The van der Waals surface area contributed by atoms with Gasteiger partial charge in [-0.25, -0.2) is 13.2 Å². The third-order valence-electron chi connectivity index (χ3n) is 4.78. The number of nitrogens with two attached hydrogens (primary N) is 1. The lowest BCUT2D eigenvalue weighted by Crippen LogP contribution is -2.56. The van der Waals surface area contributed by atoms with Crippen LogP contribution in [-0.2, 0) is 4.74 Å². The Labute approximate surface area is 200 Å². The van der Waals surface area contributed by atoms with Gasteiger partial charge in [-0.05, 0) is 30.3 Å². The Kier molecular flexibility index (Phi) is 8.62. The van der Waals surface area contributed by atoms with Gasteiger partial charge >= 0.3 is 0 Å². The SMILES string of the molecule is NN=C(C=NC1C(O)[C@@H](Sc2ccc(Cl)c(Cl)c2)OC(CO)[C@@H]1O)c1cc(F)c(F)c(F)c1. The van der Waals surface area contributed by atoms with Crippen molar-refractivity contribution in [2.75, 3.05) is 6.61 Å². The number of hydrogen-bond acceptors (Lipinski definition) is 8.